The van der Waals surface area contributed by atoms with Crippen molar-refractivity contribution in [2.24, 2.45) is 0 Å². The number of hydrogen-bond acceptors (Lipinski definition) is 3. The van der Waals surface area contributed by atoms with Gasteiger partial charge in [0.2, 0.25) is 0 Å². The molecule has 0 spiro atoms. The van der Waals surface area contributed by atoms with Gasteiger partial charge in [0.1, 0.15) is 0 Å². The second kappa shape index (κ2) is 8.48. The van der Waals surface area contributed by atoms with Crippen LogP contribution < -0.4 is 5.32 Å². The Labute approximate surface area is 81.5 Å². The van der Waals surface area contributed by atoms with Gasteiger partial charge in [0.15, 0.2) is 0 Å². The fourth-order valence-electron chi connectivity index (χ4n) is 1.10. The first-order valence-electron chi connectivity index (χ1n) is 5.12. The highest BCUT2D eigenvalue weighted by atomic mass is 16.5. The van der Waals surface area contributed by atoms with Crippen LogP contribution in [0.15, 0.2) is 0 Å². The predicted molar refractivity (Wildman–Crippen MR) is 54.9 cm³/mol. The van der Waals surface area contributed by atoms with Crippen molar-refractivity contribution < 1.29 is 9.84 Å². The van der Waals surface area contributed by atoms with Gasteiger partial charge >= 0.3 is 0 Å². The van der Waals surface area contributed by atoms with Gasteiger partial charge in [-0.15, -0.1) is 0 Å². The molecule has 0 aliphatic carbocycles. The fraction of sp³-hybridized carbons (Fsp3) is 1.00. The molecular formula is C10H23NO2. The molecule has 0 aliphatic heterocycles. The monoisotopic (exact) mass is 189 g/mol. The van der Waals surface area contributed by atoms with Gasteiger partial charge in [0.25, 0.3) is 0 Å². The smallest absolute Gasteiger partial charge is 0.0594 e. The Hall–Kier alpha value is -0.120. The average molecular weight is 189 g/mol. The zero-order valence-electron chi connectivity index (χ0n) is 9.05. The summed E-state index contributed by atoms with van der Waals surface area (Å²) in [4.78, 5) is 0. The molecule has 80 valence electrons. The molecule has 0 heterocycles. The molecule has 0 saturated carbocycles. The van der Waals surface area contributed by atoms with E-state index < -0.39 is 0 Å². The molecule has 0 radical (unpaired) electrons. The summed E-state index contributed by atoms with van der Waals surface area (Å²) in [5, 5.41) is 11.9. The molecule has 13 heavy (non-hydrogen) atoms. The number of aliphatic hydroxyl groups excluding tert-OH is 1. The summed E-state index contributed by atoms with van der Waals surface area (Å²) in [7, 11) is 0. The lowest BCUT2D eigenvalue weighted by atomic mass is 10.2. The van der Waals surface area contributed by atoms with Crippen LogP contribution >= 0.6 is 0 Å². The van der Waals surface area contributed by atoms with Crippen LogP contribution in [0.3, 0.4) is 0 Å². The zero-order chi connectivity index (χ0) is 10.1. The van der Waals surface area contributed by atoms with E-state index in [4.69, 9.17) is 9.84 Å². The lowest BCUT2D eigenvalue weighted by Gasteiger charge is -2.14. The van der Waals surface area contributed by atoms with E-state index in [-0.39, 0.29) is 6.61 Å². The zero-order valence-corrected chi connectivity index (χ0v) is 9.05. The summed E-state index contributed by atoms with van der Waals surface area (Å²) in [5.74, 6) is 0. The second-order valence-corrected chi connectivity index (χ2v) is 3.64. The third kappa shape index (κ3) is 9.80. The first kappa shape index (κ1) is 12.9. The molecule has 0 aromatic carbocycles. The van der Waals surface area contributed by atoms with Gasteiger partial charge in [-0.1, -0.05) is 0 Å². The van der Waals surface area contributed by atoms with Crippen LogP contribution in [0.5, 0.6) is 0 Å². The molecule has 0 rings (SSSR count). The van der Waals surface area contributed by atoms with Crippen LogP contribution in [0.1, 0.15) is 33.6 Å². The molecule has 0 bridgehead atoms. The van der Waals surface area contributed by atoms with Gasteiger partial charge in [0, 0.05) is 19.2 Å². The highest BCUT2D eigenvalue weighted by molar-refractivity contribution is 4.59. The number of hydrogen-bond donors (Lipinski definition) is 2. The van der Waals surface area contributed by atoms with Crippen LogP contribution in [-0.4, -0.2) is 37.0 Å². The van der Waals surface area contributed by atoms with Crippen molar-refractivity contribution in [3.05, 3.63) is 0 Å². The molecule has 0 aliphatic rings. The molecule has 0 aromatic rings. The Morgan fingerprint density at radius 3 is 2.54 bits per heavy atom. The second-order valence-electron chi connectivity index (χ2n) is 3.64. The first-order valence-corrected chi connectivity index (χ1v) is 5.12. The third-order valence-corrected chi connectivity index (χ3v) is 1.84. The van der Waals surface area contributed by atoms with Gasteiger partial charge in [-0.25, -0.2) is 0 Å². The topological polar surface area (TPSA) is 41.5 Å². The van der Waals surface area contributed by atoms with E-state index >= 15 is 0 Å². The van der Waals surface area contributed by atoms with Gasteiger partial charge in [-0.05, 0) is 33.6 Å². The van der Waals surface area contributed by atoms with Crippen molar-refractivity contribution in [3.8, 4) is 0 Å². The Morgan fingerprint density at radius 1 is 1.31 bits per heavy atom. The van der Waals surface area contributed by atoms with E-state index in [0.29, 0.717) is 12.1 Å². The SMILES string of the molecule is CC(CCCO)NCCOC(C)C. The number of ether oxygens (including phenoxy) is 1. The van der Waals surface area contributed by atoms with E-state index in [1.165, 1.54) is 0 Å². The van der Waals surface area contributed by atoms with E-state index in [2.05, 4.69) is 12.2 Å². The predicted octanol–water partition coefficient (Wildman–Crippen LogP) is 1.16. The first-order chi connectivity index (χ1) is 6.16. The van der Waals surface area contributed by atoms with Crippen LogP contribution in [0, 0.1) is 0 Å². The summed E-state index contributed by atoms with van der Waals surface area (Å²) in [5.41, 5.74) is 0. The average Bonchev–Trinajstić information content (AvgIpc) is 2.08. The summed E-state index contributed by atoms with van der Waals surface area (Å²) in [6.45, 7) is 8.15. The minimum Gasteiger partial charge on any atom is -0.396 e. The van der Waals surface area contributed by atoms with E-state index in [9.17, 15) is 0 Å². The normalized spacial score (nSPS) is 13.6. The molecule has 2 N–H and O–H groups in total. The van der Waals surface area contributed by atoms with Crippen molar-refractivity contribution in [3.63, 3.8) is 0 Å². The van der Waals surface area contributed by atoms with Crippen LogP contribution in [-0.2, 0) is 4.74 Å². The standard InChI is InChI=1S/C10H23NO2/c1-9(2)13-8-6-11-10(3)5-4-7-12/h9-12H,4-8H2,1-3H3. The van der Waals surface area contributed by atoms with Gasteiger partial charge in [-0.3, -0.25) is 0 Å². The van der Waals surface area contributed by atoms with Gasteiger partial charge in [0.05, 0.1) is 12.7 Å². The minimum atomic E-state index is 0.286. The van der Waals surface area contributed by atoms with E-state index in [1.54, 1.807) is 0 Å². The maximum Gasteiger partial charge on any atom is 0.0594 e. The highest BCUT2D eigenvalue weighted by Crippen LogP contribution is 1.94. The summed E-state index contributed by atoms with van der Waals surface area (Å²) >= 11 is 0. The van der Waals surface area contributed by atoms with Crippen molar-refractivity contribution in [1.29, 1.82) is 0 Å². The molecule has 0 fully saturated rings. The van der Waals surface area contributed by atoms with Crippen molar-refractivity contribution in [1.82, 2.24) is 5.32 Å². The quantitative estimate of drug-likeness (QED) is 0.563. The van der Waals surface area contributed by atoms with E-state index in [1.807, 2.05) is 13.8 Å². The van der Waals surface area contributed by atoms with Crippen LogP contribution in [0.2, 0.25) is 0 Å². The Balaban J connectivity index is 3.12. The molecular weight excluding hydrogens is 166 g/mol. The Morgan fingerprint density at radius 2 is 2.00 bits per heavy atom. The Kier molecular flexibility index (Phi) is 8.40. The van der Waals surface area contributed by atoms with Crippen LogP contribution in [0.4, 0.5) is 0 Å². The molecule has 0 aromatic heterocycles. The Bertz CT molecular complexity index is 107. The molecule has 1 atom stereocenters. The van der Waals surface area contributed by atoms with Crippen molar-refractivity contribution in [2.45, 2.75) is 45.8 Å². The van der Waals surface area contributed by atoms with Gasteiger partial charge in [-0.2, -0.15) is 0 Å². The highest BCUT2D eigenvalue weighted by Gasteiger charge is 1.99. The molecule has 3 nitrogen and oxygen atoms in total. The maximum atomic E-state index is 8.61. The summed E-state index contributed by atoms with van der Waals surface area (Å²) < 4.78 is 5.38. The number of aliphatic hydroxyl groups is 1. The largest absolute Gasteiger partial charge is 0.396 e. The summed E-state index contributed by atoms with van der Waals surface area (Å²) in [6, 6.07) is 0.475. The van der Waals surface area contributed by atoms with Crippen molar-refractivity contribution >= 4 is 0 Å². The molecule has 0 amide bonds. The molecule has 0 saturated heterocycles. The van der Waals surface area contributed by atoms with Crippen molar-refractivity contribution in [2.75, 3.05) is 19.8 Å². The fourth-order valence-corrected chi connectivity index (χ4v) is 1.10. The number of nitrogens with one attached hydrogen (secondary N) is 1. The lowest BCUT2D eigenvalue weighted by Crippen LogP contribution is -2.30. The maximum absolute atomic E-state index is 8.61. The lowest BCUT2D eigenvalue weighted by molar-refractivity contribution is 0.0793. The van der Waals surface area contributed by atoms with Gasteiger partial charge < -0.3 is 15.2 Å². The van der Waals surface area contributed by atoms with E-state index in [0.717, 1.165) is 26.0 Å². The van der Waals surface area contributed by atoms with Crippen LogP contribution in [0.25, 0.3) is 0 Å². The number of rotatable bonds is 8. The molecule has 3 heteroatoms. The summed E-state index contributed by atoms with van der Waals surface area (Å²) in [6.07, 6.45) is 2.21. The third-order valence-electron chi connectivity index (χ3n) is 1.84. The molecule has 1 unspecified atom stereocenters. The minimum absolute atomic E-state index is 0.286.